The summed E-state index contributed by atoms with van der Waals surface area (Å²) in [4.78, 5) is 2.60. The van der Waals surface area contributed by atoms with Gasteiger partial charge in [-0.15, -0.1) is 21.5 Å². The second-order valence-electron chi connectivity index (χ2n) is 4.78. The first-order valence-electron chi connectivity index (χ1n) is 6.57. The minimum absolute atomic E-state index is 0.798. The number of anilines is 1. The molecule has 0 spiro atoms. The molecule has 0 saturated heterocycles. The Kier molecular flexibility index (Phi) is 4.07. The van der Waals surface area contributed by atoms with Gasteiger partial charge in [0, 0.05) is 39.1 Å². The predicted octanol–water partition coefficient (Wildman–Crippen LogP) is 4.23. The van der Waals surface area contributed by atoms with E-state index in [4.69, 9.17) is 0 Å². The summed E-state index contributed by atoms with van der Waals surface area (Å²) in [7, 11) is 1.95. The van der Waals surface area contributed by atoms with E-state index in [1.165, 1.54) is 14.2 Å². The van der Waals surface area contributed by atoms with Gasteiger partial charge in [-0.2, -0.15) is 0 Å². The number of aromatic nitrogens is 3. The Hall–Kier alpha value is -1.66. The smallest absolute Gasteiger partial charge is 0.165 e. The molecule has 0 saturated carbocycles. The molecule has 0 fully saturated rings. The van der Waals surface area contributed by atoms with Gasteiger partial charge in [0.05, 0.1) is 0 Å². The molecule has 108 valence electrons. The lowest BCUT2D eigenvalue weighted by atomic mass is 10.1. The number of nitrogens with zero attached hydrogens (tertiary/aromatic N) is 3. The van der Waals surface area contributed by atoms with Gasteiger partial charge in [0.1, 0.15) is 6.33 Å². The molecule has 3 aromatic rings. The van der Waals surface area contributed by atoms with Gasteiger partial charge in [-0.3, -0.25) is 0 Å². The van der Waals surface area contributed by atoms with Gasteiger partial charge in [0.15, 0.2) is 5.82 Å². The van der Waals surface area contributed by atoms with Crippen molar-refractivity contribution in [3.05, 3.63) is 50.9 Å². The maximum absolute atomic E-state index is 4.19. The Labute approximate surface area is 136 Å². The minimum atomic E-state index is 0.798. The van der Waals surface area contributed by atoms with Crippen LogP contribution in [0, 0.1) is 6.92 Å². The SMILES string of the molecule is Cc1sc(CNc2ccccc2-c2nncn2C)cc1Br. The van der Waals surface area contributed by atoms with Crippen LogP contribution in [-0.2, 0) is 13.6 Å². The highest BCUT2D eigenvalue weighted by Crippen LogP contribution is 2.29. The first kappa shape index (κ1) is 14.3. The van der Waals surface area contributed by atoms with Crippen LogP contribution in [0.5, 0.6) is 0 Å². The molecule has 6 heteroatoms. The third kappa shape index (κ3) is 3.01. The molecule has 0 aliphatic heterocycles. The summed E-state index contributed by atoms with van der Waals surface area (Å²) in [5, 5.41) is 11.6. The number of aryl methyl sites for hydroxylation is 2. The second kappa shape index (κ2) is 5.99. The first-order valence-corrected chi connectivity index (χ1v) is 8.18. The lowest BCUT2D eigenvalue weighted by Gasteiger charge is -2.10. The molecule has 3 rings (SSSR count). The average Bonchev–Trinajstić information content (AvgIpc) is 3.03. The average molecular weight is 363 g/mol. The van der Waals surface area contributed by atoms with Crippen LogP contribution < -0.4 is 5.32 Å². The number of halogens is 1. The fourth-order valence-electron chi connectivity index (χ4n) is 2.15. The number of thiophene rings is 1. The fourth-order valence-corrected chi connectivity index (χ4v) is 3.69. The van der Waals surface area contributed by atoms with E-state index in [1.54, 1.807) is 17.7 Å². The van der Waals surface area contributed by atoms with E-state index in [0.29, 0.717) is 0 Å². The molecule has 0 amide bonds. The molecule has 0 radical (unpaired) electrons. The van der Waals surface area contributed by atoms with Crippen LogP contribution in [0.4, 0.5) is 5.69 Å². The summed E-state index contributed by atoms with van der Waals surface area (Å²) in [6.45, 7) is 2.91. The molecule has 1 aromatic carbocycles. The number of hydrogen-bond donors (Lipinski definition) is 1. The molecule has 2 aromatic heterocycles. The quantitative estimate of drug-likeness (QED) is 0.755. The molecular formula is C15H15BrN4S. The van der Waals surface area contributed by atoms with Crippen LogP contribution in [-0.4, -0.2) is 14.8 Å². The monoisotopic (exact) mass is 362 g/mol. The Morgan fingerprint density at radius 2 is 2.14 bits per heavy atom. The lowest BCUT2D eigenvalue weighted by Crippen LogP contribution is -2.01. The molecule has 1 N–H and O–H groups in total. The van der Waals surface area contributed by atoms with Crippen molar-refractivity contribution in [1.29, 1.82) is 0 Å². The van der Waals surface area contributed by atoms with Crippen molar-refractivity contribution in [2.45, 2.75) is 13.5 Å². The van der Waals surface area contributed by atoms with Crippen molar-refractivity contribution in [1.82, 2.24) is 14.8 Å². The molecule has 0 bridgehead atoms. The zero-order chi connectivity index (χ0) is 14.8. The highest BCUT2D eigenvalue weighted by atomic mass is 79.9. The largest absolute Gasteiger partial charge is 0.380 e. The first-order chi connectivity index (χ1) is 10.1. The molecule has 21 heavy (non-hydrogen) atoms. The maximum Gasteiger partial charge on any atom is 0.165 e. The van der Waals surface area contributed by atoms with Crippen LogP contribution in [0.25, 0.3) is 11.4 Å². The molecule has 4 nitrogen and oxygen atoms in total. The number of benzene rings is 1. The highest BCUT2D eigenvalue weighted by molar-refractivity contribution is 9.10. The Morgan fingerprint density at radius 3 is 2.81 bits per heavy atom. The van der Waals surface area contributed by atoms with E-state index in [0.717, 1.165) is 23.6 Å². The zero-order valence-electron chi connectivity index (χ0n) is 11.8. The van der Waals surface area contributed by atoms with Gasteiger partial charge in [0.25, 0.3) is 0 Å². The molecule has 0 aliphatic carbocycles. The van der Waals surface area contributed by atoms with Crippen molar-refractivity contribution in [2.75, 3.05) is 5.32 Å². The number of nitrogens with one attached hydrogen (secondary N) is 1. The summed E-state index contributed by atoms with van der Waals surface area (Å²) >= 11 is 5.36. The highest BCUT2D eigenvalue weighted by Gasteiger charge is 2.10. The van der Waals surface area contributed by atoms with E-state index < -0.39 is 0 Å². The van der Waals surface area contributed by atoms with Crippen LogP contribution in [0.15, 0.2) is 41.1 Å². The van der Waals surface area contributed by atoms with Crippen LogP contribution in [0.1, 0.15) is 9.75 Å². The lowest BCUT2D eigenvalue weighted by molar-refractivity contribution is 0.919. The predicted molar refractivity (Wildman–Crippen MR) is 90.5 cm³/mol. The van der Waals surface area contributed by atoms with E-state index in [-0.39, 0.29) is 0 Å². The maximum atomic E-state index is 4.19. The Morgan fingerprint density at radius 1 is 1.33 bits per heavy atom. The number of rotatable bonds is 4. The van der Waals surface area contributed by atoms with E-state index in [2.05, 4.69) is 56.6 Å². The molecule has 0 atom stereocenters. The minimum Gasteiger partial charge on any atom is -0.380 e. The summed E-state index contributed by atoms with van der Waals surface area (Å²) in [6, 6.07) is 10.3. The molecule has 0 aliphatic rings. The standard InChI is InChI=1S/C15H15BrN4S/c1-10-13(16)7-11(21-10)8-17-14-6-4-3-5-12(14)15-19-18-9-20(15)2/h3-7,9,17H,8H2,1-2H3. The van der Waals surface area contributed by atoms with Gasteiger partial charge in [-0.25, -0.2) is 0 Å². The Balaban J connectivity index is 1.84. The third-order valence-electron chi connectivity index (χ3n) is 3.24. The molecular weight excluding hydrogens is 348 g/mol. The van der Waals surface area contributed by atoms with Gasteiger partial charge in [-0.05, 0) is 41.1 Å². The van der Waals surface area contributed by atoms with Crippen molar-refractivity contribution >= 4 is 33.0 Å². The van der Waals surface area contributed by atoms with E-state index in [9.17, 15) is 0 Å². The van der Waals surface area contributed by atoms with E-state index in [1.807, 2.05) is 23.7 Å². The Bertz CT molecular complexity index is 743. The van der Waals surface area contributed by atoms with Crippen molar-refractivity contribution in [3.8, 4) is 11.4 Å². The van der Waals surface area contributed by atoms with Gasteiger partial charge >= 0.3 is 0 Å². The summed E-state index contributed by atoms with van der Waals surface area (Å²) in [6.07, 6.45) is 1.71. The van der Waals surface area contributed by atoms with Gasteiger partial charge < -0.3 is 9.88 Å². The molecule has 2 heterocycles. The summed E-state index contributed by atoms with van der Waals surface area (Å²) < 4.78 is 3.10. The summed E-state index contributed by atoms with van der Waals surface area (Å²) in [5.41, 5.74) is 2.13. The number of hydrogen-bond acceptors (Lipinski definition) is 4. The fraction of sp³-hybridized carbons (Fsp3) is 0.200. The van der Waals surface area contributed by atoms with Gasteiger partial charge in [0.2, 0.25) is 0 Å². The van der Waals surface area contributed by atoms with Gasteiger partial charge in [-0.1, -0.05) is 12.1 Å². The van der Waals surface area contributed by atoms with Crippen molar-refractivity contribution in [2.24, 2.45) is 7.05 Å². The van der Waals surface area contributed by atoms with E-state index >= 15 is 0 Å². The molecule has 0 unspecified atom stereocenters. The zero-order valence-corrected chi connectivity index (χ0v) is 14.2. The van der Waals surface area contributed by atoms with Crippen LogP contribution in [0.2, 0.25) is 0 Å². The normalized spacial score (nSPS) is 10.8. The second-order valence-corrected chi connectivity index (χ2v) is 6.98. The van der Waals surface area contributed by atoms with Crippen LogP contribution in [0.3, 0.4) is 0 Å². The van der Waals surface area contributed by atoms with Crippen molar-refractivity contribution in [3.63, 3.8) is 0 Å². The topological polar surface area (TPSA) is 42.7 Å². The third-order valence-corrected chi connectivity index (χ3v) is 5.38. The van der Waals surface area contributed by atoms with Crippen LogP contribution >= 0.6 is 27.3 Å². The summed E-state index contributed by atoms with van der Waals surface area (Å²) in [5.74, 6) is 0.863. The van der Waals surface area contributed by atoms with Crippen molar-refractivity contribution < 1.29 is 0 Å². The number of para-hydroxylation sites is 1.